The summed E-state index contributed by atoms with van der Waals surface area (Å²) in [6.07, 6.45) is 4.36. The minimum Gasteiger partial charge on any atom is -0.338 e. The van der Waals surface area contributed by atoms with Crippen LogP contribution in [0.2, 0.25) is 0 Å². The first kappa shape index (κ1) is 13.1. The molecule has 3 rings (SSSR count). The molecule has 2 aromatic rings. The molecule has 0 aliphatic carbocycles. The zero-order valence-corrected chi connectivity index (χ0v) is 11.6. The fourth-order valence-electron chi connectivity index (χ4n) is 2.63. The summed E-state index contributed by atoms with van der Waals surface area (Å²) in [6, 6.07) is 8.11. The van der Waals surface area contributed by atoms with Crippen LogP contribution in [0.15, 0.2) is 28.8 Å². The Morgan fingerprint density at radius 2 is 1.85 bits per heavy atom. The van der Waals surface area contributed by atoms with Crippen LogP contribution in [-0.2, 0) is 13.0 Å². The highest BCUT2D eigenvalue weighted by Gasteiger charge is 2.17. The first-order valence-corrected chi connectivity index (χ1v) is 7.21. The summed E-state index contributed by atoms with van der Waals surface area (Å²) in [6.45, 7) is 2.58. The molecule has 0 atom stereocenters. The molecule has 0 saturated carbocycles. The summed E-state index contributed by atoms with van der Waals surface area (Å²) in [4.78, 5) is 6.71. The molecule has 0 bridgehead atoms. The second kappa shape index (κ2) is 6.05. The Hall–Kier alpha value is -1.88. The largest absolute Gasteiger partial charge is 0.338 e. The van der Waals surface area contributed by atoms with Gasteiger partial charge in [0.05, 0.1) is 6.42 Å². The van der Waals surface area contributed by atoms with Gasteiger partial charge in [0.15, 0.2) is 0 Å². The lowest BCUT2D eigenvalue weighted by atomic mass is 10.0. The van der Waals surface area contributed by atoms with Gasteiger partial charge in [-0.15, -0.1) is 0 Å². The fourth-order valence-corrected chi connectivity index (χ4v) is 2.63. The van der Waals surface area contributed by atoms with E-state index in [4.69, 9.17) is 10.3 Å². The quantitative estimate of drug-likeness (QED) is 0.923. The molecule has 20 heavy (non-hydrogen) atoms. The Kier molecular flexibility index (Phi) is 3.97. The van der Waals surface area contributed by atoms with E-state index in [0.29, 0.717) is 18.9 Å². The lowest BCUT2D eigenvalue weighted by molar-refractivity contribution is 0.382. The minimum absolute atomic E-state index is 0.531. The van der Waals surface area contributed by atoms with Gasteiger partial charge in [0.2, 0.25) is 5.89 Å². The van der Waals surface area contributed by atoms with Gasteiger partial charge in [0.1, 0.15) is 0 Å². The van der Waals surface area contributed by atoms with Crippen molar-refractivity contribution in [3.63, 3.8) is 0 Å². The van der Waals surface area contributed by atoms with Gasteiger partial charge >= 0.3 is 0 Å². The third-order valence-corrected chi connectivity index (χ3v) is 3.78. The minimum atomic E-state index is 0.531. The van der Waals surface area contributed by atoms with E-state index in [1.54, 1.807) is 0 Å². The smallest absolute Gasteiger partial charge is 0.266 e. The number of anilines is 1. The van der Waals surface area contributed by atoms with E-state index in [1.807, 2.05) is 18.2 Å². The van der Waals surface area contributed by atoms with Crippen LogP contribution in [0.4, 0.5) is 5.95 Å². The summed E-state index contributed by atoms with van der Waals surface area (Å²) in [5, 5.41) is 4.10. The van der Waals surface area contributed by atoms with Gasteiger partial charge in [0, 0.05) is 19.6 Å². The Balaban J connectivity index is 1.73. The first-order chi connectivity index (χ1) is 9.86. The number of hydrogen-bond acceptors (Lipinski definition) is 5. The van der Waals surface area contributed by atoms with Crippen molar-refractivity contribution in [3.8, 4) is 0 Å². The number of rotatable bonds is 4. The van der Waals surface area contributed by atoms with Gasteiger partial charge < -0.3 is 15.2 Å². The van der Waals surface area contributed by atoms with Crippen molar-refractivity contribution in [1.29, 1.82) is 0 Å². The van der Waals surface area contributed by atoms with Crippen LogP contribution in [0.3, 0.4) is 0 Å². The molecular weight excluding hydrogens is 252 g/mol. The number of hydrogen-bond donors (Lipinski definition) is 1. The van der Waals surface area contributed by atoms with Crippen LogP contribution >= 0.6 is 0 Å². The van der Waals surface area contributed by atoms with Gasteiger partial charge in [-0.1, -0.05) is 24.3 Å². The Bertz CT molecular complexity index is 561. The average Bonchev–Trinajstić information content (AvgIpc) is 2.97. The third-order valence-electron chi connectivity index (χ3n) is 3.78. The van der Waals surface area contributed by atoms with Crippen LogP contribution in [0.5, 0.6) is 0 Å². The SMILES string of the molecule is NCc1ccccc1Cc1nc(N2CCCCC2)no1. The highest BCUT2D eigenvalue weighted by atomic mass is 16.5. The molecule has 0 unspecified atom stereocenters. The molecule has 0 spiro atoms. The van der Waals surface area contributed by atoms with E-state index in [9.17, 15) is 0 Å². The van der Waals surface area contributed by atoms with E-state index >= 15 is 0 Å². The van der Waals surface area contributed by atoms with Crippen molar-refractivity contribution < 1.29 is 4.52 Å². The molecule has 0 radical (unpaired) electrons. The molecule has 2 N–H and O–H groups in total. The molecule has 106 valence electrons. The van der Waals surface area contributed by atoms with E-state index in [0.717, 1.165) is 30.2 Å². The number of nitrogens with two attached hydrogens (primary N) is 1. The number of aromatic nitrogens is 2. The van der Waals surface area contributed by atoms with E-state index in [2.05, 4.69) is 21.1 Å². The normalized spacial score (nSPS) is 15.6. The van der Waals surface area contributed by atoms with Crippen molar-refractivity contribution in [3.05, 3.63) is 41.3 Å². The van der Waals surface area contributed by atoms with Crippen LogP contribution in [0, 0.1) is 0 Å². The van der Waals surface area contributed by atoms with Crippen molar-refractivity contribution in [2.75, 3.05) is 18.0 Å². The number of benzene rings is 1. The Labute approximate surface area is 118 Å². The first-order valence-electron chi connectivity index (χ1n) is 7.21. The van der Waals surface area contributed by atoms with Crippen molar-refractivity contribution in [2.45, 2.75) is 32.2 Å². The predicted octanol–water partition coefficient (Wildman–Crippen LogP) is 2.11. The highest BCUT2D eigenvalue weighted by molar-refractivity contribution is 5.32. The van der Waals surface area contributed by atoms with Crippen molar-refractivity contribution in [1.82, 2.24) is 10.1 Å². The maximum absolute atomic E-state index is 5.75. The van der Waals surface area contributed by atoms with Crippen molar-refractivity contribution >= 4 is 5.95 Å². The third kappa shape index (κ3) is 2.82. The summed E-state index contributed by atoms with van der Waals surface area (Å²) >= 11 is 0. The summed E-state index contributed by atoms with van der Waals surface area (Å²) in [5.74, 6) is 1.39. The summed E-state index contributed by atoms with van der Waals surface area (Å²) < 4.78 is 5.38. The molecule has 2 heterocycles. The standard InChI is InChI=1S/C15H20N4O/c16-11-13-7-3-2-6-12(13)10-14-17-15(18-20-14)19-8-4-1-5-9-19/h2-3,6-7H,1,4-5,8-11,16H2. The van der Waals surface area contributed by atoms with Gasteiger partial charge in [-0.05, 0) is 35.5 Å². The second-order valence-corrected chi connectivity index (χ2v) is 5.19. The molecule has 1 fully saturated rings. The van der Waals surface area contributed by atoms with Crippen LogP contribution in [0.1, 0.15) is 36.3 Å². The van der Waals surface area contributed by atoms with Crippen LogP contribution in [0.25, 0.3) is 0 Å². The topological polar surface area (TPSA) is 68.2 Å². The van der Waals surface area contributed by atoms with Gasteiger partial charge in [-0.3, -0.25) is 0 Å². The number of nitrogens with zero attached hydrogens (tertiary/aromatic N) is 3. The lowest BCUT2D eigenvalue weighted by Gasteiger charge is -2.24. The fraction of sp³-hybridized carbons (Fsp3) is 0.467. The molecule has 5 heteroatoms. The molecule has 1 aromatic carbocycles. The molecule has 0 amide bonds. The highest BCUT2D eigenvalue weighted by Crippen LogP contribution is 2.18. The maximum Gasteiger partial charge on any atom is 0.266 e. The monoisotopic (exact) mass is 272 g/mol. The molecular formula is C15H20N4O. The van der Waals surface area contributed by atoms with Crippen LogP contribution in [-0.4, -0.2) is 23.2 Å². The molecule has 1 aliphatic rings. The zero-order valence-electron chi connectivity index (χ0n) is 11.6. The summed E-state index contributed by atoms with van der Waals surface area (Å²) in [5.41, 5.74) is 8.04. The number of piperidine rings is 1. The summed E-state index contributed by atoms with van der Waals surface area (Å²) in [7, 11) is 0. The maximum atomic E-state index is 5.75. The molecule has 5 nitrogen and oxygen atoms in total. The van der Waals surface area contributed by atoms with E-state index in [1.165, 1.54) is 19.3 Å². The van der Waals surface area contributed by atoms with E-state index < -0.39 is 0 Å². The van der Waals surface area contributed by atoms with Gasteiger partial charge in [-0.25, -0.2) is 0 Å². The average molecular weight is 272 g/mol. The lowest BCUT2D eigenvalue weighted by Crippen LogP contribution is -2.30. The van der Waals surface area contributed by atoms with Crippen LogP contribution < -0.4 is 10.6 Å². The predicted molar refractivity (Wildman–Crippen MR) is 77.5 cm³/mol. The second-order valence-electron chi connectivity index (χ2n) is 5.19. The Morgan fingerprint density at radius 1 is 1.10 bits per heavy atom. The molecule has 1 aromatic heterocycles. The molecule has 1 aliphatic heterocycles. The van der Waals surface area contributed by atoms with Crippen molar-refractivity contribution in [2.24, 2.45) is 5.73 Å². The van der Waals surface area contributed by atoms with Gasteiger partial charge in [0.25, 0.3) is 5.95 Å². The molecule has 1 saturated heterocycles. The Morgan fingerprint density at radius 3 is 2.60 bits per heavy atom. The van der Waals surface area contributed by atoms with Gasteiger partial charge in [-0.2, -0.15) is 4.98 Å². The zero-order chi connectivity index (χ0) is 13.8. The van der Waals surface area contributed by atoms with E-state index in [-0.39, 0.29) is 0 Å².